The van der Waals surface area contributed by atoms with Crippen LogP contribution in [0.1, 0.15) is 4.88 Å². The summed E-state index contributed by atoms with van der Waals surface area (Å²) in [5, 5.41) is 0. The van der Waals surface area contributed by atoms with E-state index in [0.717, 1.165) is 20.7 Å². The van der Waals surface area contributed by atoms with Gasteiger partial charge in [-0.2, -0.15) is 0 Å². The minimum absolute atomic E-state index is 1.01. The molecule has 2 nitrogen and oxygen atoms in total. The van der Waals surface area contributed by atoms with Crippen LogP contribution in [0.3, 0.4) is 0 Å². The molecule has 0 aliphatic carbocycles. The number of fused-ring (bicyclic) bond motifs is 1. The number of thiazole rings is 1. The van der Waals surface area contributed by atoms with Gasteiger partial charge in [0.1, 0.15) is 0 Å². The molecule has 3 aromatic rings. The third kappa shape index (κ3) is 1.58. The van der Waals surface area contributed by atoms with Crippen molar-refractivity contribution in [1.82, 2.24) is 9.38 Å². The van der Waals surface area contributed by atoms with Crippen LogP contribution in [-0.4, -0.2) is 9.38 Å². The summed E-state index contributed by atoms with van der Waals surface area (Å²) in [6.07, 6.45) is 4.17. The molecular weight excluding hydrogens is 284 g/mol. The van der Waals surface area contributed by atoms with Crippen molar-refractivity contribution >= 4 is 32.2 Å². The Kier molecular flexibility index (Phi) is 2.33. The first-order valence-corrected chi connectivity index (χ1v) is 6.55. The summed E-state index contributed by atoms with van der Waals surface area (Å²) in [5.74, 6) is 0. The molecule has 0 aliphatic heterocycles. The number of nitrogens with zero attached hydrogens (tertiary/aromatic N) is 2. The van der Waals surface area contributed by atoms with E-state index < -0.39 is 0 Å². The number of hydrogen-bond donors (Lipinski definition) is 0. The Balaban J connectivity index is 2.19. The van der Waals surface area contributed by atoms with Gasteiger partial charge in [-0.15, -0.1) is 11.3 Å². The molecule has 0 bridgehead atoms. The molecule has 0 saturated carbocycles. The average Bonchev–Trinajstić information content (AvgIpc) is 2.75. The summed E-state index contributed by atoms with van der Waals surface area (Å²) in [4.78, 5) is 6.94. The highest BCUT2D eigenvalue weighted by Crippen LogP contribution is 2.28. The maximum absolute atomic E-state index is 4.62. The van der Waals surface area contributed by atoms with Crippen molar-refractivity contribution in [3.05, 3.63) is 46.0 Å². The predicted molar refractivity (Wildman–Crippen MR) is 70.9 cm³/mol. The molecular formula is C12H9BrN2S. The van der Waals surface area contributed by atoms with Crippen LogP contribution in [-0.2, 0) is 0 Å². The topological polar surface area (TPSA) is 17.3 Å². The Hall–Kier alpha value is -1.13. The molecule has 0 saturated heterocycles. The number of hydrogen-bond acceptors (Lipinski definition) is 2. The molecule has 1 aromatic carbocycles. The third-order valence-electron chi connectivity index (χ3n) is 2.42. The fourth-order valence-corrected chi connectivity index (χ4v) is 3.01. The molecule has 16 heavy (non-hydrogen) atoms. The van der Waals surface area contributed by atoms with Gasteiger partial charge in [0.15, 0.2) is 4.96 Å². The predicted octanol–water partition coefficient (Wildman–Crippen LogP) is 4.13. The molecule has 80 valence electrons. The average molecular weight is 293 g/mol. The molecule has 4 heteroatoms. The summed E-state index contributed by atoms with van der Waals surface area (Å²) < 4.78 is 3.16. The van der Waals surface area contributed by atoms with Crippen LogP contribution in [0.2, 0.25) is 0 Å². The summed E-state index contributed by atoms with van der Waals surface area (Å²) in [6.45, 7) is 2.09. The van der Waals surface area contributed by atoms with Gasteiger partial charge >= 0.3 is 0 Å². The lowest BCUT2D eigenvalue weighted by molar-refractivity contribution is 1.22. The van der Waals surface area contributed by atoms with Crippen LogP contribution in [0.4, 0.5) is 0 Å². The van der Waals surface area contributed by atoms with Gasteiger partial charge < -0.3 is 0 Å². The van der Waals surface area contributed by atoms with E-state index in [4.69, 9.17) is 0 Å². The van der Waals surface area contributed by atoms with Crippen LogP contribution in [0.15, 0.2) is 41.1 Å². The van der Waals surface area contributed by atoms with Gasteiger partial charge in [0.05, 0.1) is 5.69 Å². The van der Waals surface area contributed by atoms with Crippen LogP contribution in [0.5, 0.6) is 0 Å². The summed E-state index contributed by atoms with van der Waals surface area (Å²) in [5.41, 5.74) is 2.15. The van der Waals surface area contributed by atoms with E-state index in [1.807, 2.05) is 18.2 Å². The Morgan fingerprint density at radius 2 is 2.06 bits per heavy atom. The molecule has 0 unspecified atom stereocenters. The van der Waals surface area contributed by atoms with Crippen LogP contribution >= 0.6 is 27.3 Å². The number of halogens is 1. The molecule has 0 fully saturated rings. The molecule has 2 heterocycles. The van der Waals surface area contributed by atoms with E-state index >= 15 is 0 Å². The number of aromatic nitrogens is 2. The third-order valence-corrected chi connectivity index (χ3v) is 4.02. The van der Waals surface area contributed by atoms with E-state index in [2.05, 4.69) is 50.7 Å². The van der Waals surface area contributed by atoms with E-state index in [1.54, 1.807) is 11.3 Å². The van der Waals surface area contributed by atoms with Crippen molar-refractivity contribution in [2.75, 3.05) is 0 Å². The fourth-order valence-electron chi connectivity index (χ4n) is 1.71. The Morgan fingerprint density at radius 3 is 2.81 bits per heavy atom. The SMILES string of the molecule is Cc1cn2cc(-c3ccccc3Br)nc2s1. The lowest BCUT2D eigenvalue weighted by Crippen LogP contribution is -1.78. The molecule has 0 N–H and O–H groups in total. The minimum Gasteiger partial charge on any atom is -0.297 e. The van der Waals surface area contributed by atoms with Gasteiger partial charge in [-0.05, 0) is 13.0 Å². The zero-order valence-corrected chi connectivity index (χ0v) is 11.0. The van der Waals surface area contributed by atoms with Gasteiger partial charge in [-0.3, -0.25) is 4.40 Å². The Bertz CT molecular complexity index is 622. The Morgan fingerprint density at radius 1 is 1.25 bits per heavy atom. The second-order valence-corrected chi connectivity index (χ2v) is 5.71. The Labute approximate surface area is 106 Å². The highest BCUT2D eigenvalue weighted by Gasteiger charge is 2.08. The standard InChI is InChI=1S/C12H9BrN2S/c1-8-6-15-7-11(14-12(15)16-8)9-4-2-3-5-10(9)13/h2-7H,1H3. The number of benzene rings is 1. The second kappa shape index (κ2) is 3.71. The first-order valence-electron chi connectivity index (χ1n) is 4.94. The lowest BCUT2D eigenvalue weighted by Gasteiger charge is -1.98. The quantitative estimate of drug-likeness (QED) is 0.659. The zero-order valence-electron chi connectivity index (χ0n) is 8.64. The van der Waals surface area contributed by atoms with E-state index in [1.165, 1.54) is 4.88 Å². The van der Waals surface area contributed by atoms with Crippen molar-refractivity contribution in [3.63, 3.8) is 0 Å². The first kappa shape index (κ1) is 10.1. The van der Waals surface area contributed by atoms with E-state index in [0.29, 0.717) is 0 Å². The molecule has 3 rings (SSSR count). The number of aryl methyl sites for hydroxylation is 1. The summed E-state index contributed by atoms with van der Waals surface area (Å²) in [6, 6.07) is 8.15. The molecule has 0 spiro atoms. The molecule has 0 atom stereocenters. The zero-order chi connectivity index (χ0) is 11.1. The summed E-state index contributed by atoms with van der Waals surface area (Å²) in [7, 11) is 0. The van der Waals surface area contributed by atoms with Crippen LogP contribution in [0, 0.1) is 6.92 Å². The molecule has 2 aromatic heterocycles. The molecule has 0 amide bonds. The highest BCUT2D eigenvalue weighted by atomic mass is 79.9. The number of imidazole rings is 1. The fraction of sp³-hybridized carbons (Fsp3) is 0.0833. The van der Waals surface area contributed by atoms with Crippen molar-refractivity contribution < 1.29 is 0 Å². The monoisotopic (exact) mass is 292 g/mol. The second-order valence-electron chi connectivity index (χ2n) is 3.64. The minimum atomic E-state index is 1.01. The van der Waals surface area contributed by atoms with Crippen molar-refractivity contribution in [1.29, 1.82) is 0 Å². The van der Waals surface area contributed by atoms with Gasteiger partial charge in [-0.25, -0.2) is 4.98 Å². The largest absolute Gasteiger partial charge is 0.297 e. The number of rotatable bonds is 1. The first-order chi connectivity index (χ1) is 7.74. The van der Waals surface area contributed by atoms with Crippen molar-refractivity contribution in [3.8, 4) is 11.3 Å². The molecule has 0 aliphatic rings. The summed E-state index contributed by atoms with van der Waals surface area (Å²) >= 11 is 5.26. The van der Waals surface area contributed by atoms with Crippen molar-refractivity contribution in [2.45, 2.75) is 6.92 Å². The van der Waals surface area contributed by atoms with E-state index in [9.17, 15) is 0 Å². The van der Waals surface area contributed by atoms with Gasteiger partial charge in [0.25, 0.3) is 0 Å². The van der Waals surface area contributed by atoms with Crippen LogP contribution in [0.25, 0.3) is 16.2 Å². The normalized spacial score (nSPS) is 11.1. The van der Waals surface area contributed by atoms with Crippen LogP contribution < -0.4 is 0 Å². The maximum atomic E-state index is 4.62. The van der Waals surface area contributed by atoms with Gasteiger partial charge in [0, 0.05) is 27.3 Å². The lowest BCUT2D eigenvalue weighted by atomic mass is 10.2. The molecule has 0 radical (unpaired) electrons. The smallest absolute Gasteiger partial charge is 0.194 e. The van der Waals surface area contributed by atoms with Gasteiger partial charge in [0.2, 0.25) is 0 Å². The van der Waals surface area contributed by atoms with Crippen molar-refractivity contribution in [2.24, 2.45) is 0 Å². The van der Waals surface area contributed by atoms with E-state index in [-0.39, 0.29) is 0 Å². The highest BCUT2D eigenvalue weighted by molar-refractivity contribution is 9.10. The maximum Gasteiger partial charge on any atom is 0.194 e. The van der Waals surface area contributed by atoms with Gasteiger partial charge in [-0.1, -0.05) is 34.1 Å².